The molecule has 0 fully saturated rings. The Labute approximate surface area is 126 Å². The summed E-state index contributed by atoms with van der Waals surface area (Å²) < 4.78 is 5.02. The van der Waals surface area contributed by atoms with E-state index in [4.69, 9.17) is 27.9 Å². The van der Waals surface area contributed by atoms with Crippen molar-refractivity contribution >= 4 is 41.0 Å². The van der Waals surface area contributed by atoms with E-state index < -0.39 is 18.0 Å². The van der Waals surface area contributed by atoms with Crippen LogP contribution < -0.4 is 4.90 Å². The van der Waals surface area contributed by atoms with Gasteiger partial charge in [0.2, 0.25) is 0 Å². The standard InChI is InChI=1S/C13H13Cl2NO4/c1-2-20-12(17)8-3-4-16(13(18)19)10-6-7(14)5-9(15)11(8)10/h5-6,8H,2-4H2,1H3,(H,18,19). The lowest BCUT2D eigenvalue weighted by molar-refractivity contribution is -0.145. The lowest BCUT2D eigenvalue weighted by Crippen LogP contribution is -2.37. The molecule has 1 aromatic carbocycles. The largest absolute Gasteiger partial charge is 0.466 e. The predicted molar refractivity (Wildman–Crippen MR) is 75.8 cm³/mol. The van der Waals surface area contributed by atoms with E-state index >= 15 is 0 Å². The maximum absolute atomic E-state index is 12.0. The monoisotopic (exact) mass is 317 g/mol. The zero-order chi connectivity index (χ0) is 14.9. The van der Waals surface area contributed by atoms with Gasteiger partial charge in [0.25, 0.3) is 0 Å². The average molecular weight is 318 g/mol. The Bertz CT molecular complexity index is 562. The van der Waals surface area contributed by atoms with Crippen molar-refractivity contribution in [2.24, 2.45) is 0 Å². The normalized spacial score (nSPS) is 17.6. The van der Waals surface area contributed by atoms with Gasteiger partial charge < -0.3 is 9.84 Å². The van der Waals surface area contributed by atoms with Crippen molar-refractivity contribution in [1.82, 2.24) is 0 Å². The number of benzene rings is 1. The Balaban J connectivity index is 2.52. The molecule has 0 saturated carbocycles. The Kier molecular flexibility index (Phi) is 4.40. The highest BCUT2D eigenvalue weighted by Gasteiger charge is 2.35. The molecular weight excluding hydrogens is 305 g/mol. The van der Waals surface area contributed by atoms with Crippen LogP contribution in [0.1, 0.15) is 24.8 Å². The summed E-state index contributed by atoms with van der Waals surface area (Å²) in [5.41, 5.74) is 0.808. The first-order valence-electron chi connectivity index (χ1n) is 6.11. The first kappa shape index (κ1) is 14.9. The molecule has 0 aliphatic carbocycles. The molecule has 1 atom stereocenters. The van der Waals surface area contributed by atoms with E-state index in [1.54, 1.807) is 6.92 Å². The van der Waals surface area contributed by atoms with Gasteiger partial charge in [0, 0.05) is 22.2 Å². The summed E-state index contributed by atoms with van der Waals surface area (Å²) >= 11 is 12.1. The average Bonchev–Trinajstić information content (AvgIpc) is 2.37. The molecular formula is C13H13Cl2NO4. The maximum Gasteiger partial charge on any atom is 0.411 e. The van der Waals surface area contributed by atoms with Gasteiger partial charge >= 0.3 is 12.1 Å². The van der Waals surface area contributed by atoms with Crippen LogP contribution in [0.15, 0.2) is 12.1 Å². The van der Waals surface area contributed by atoms with Crippen LogP contribution in [0.4, 0.5) is 10.5 Å². The van der Waals surface area contributed by atoms with Crippen molar-refractivity contribution in [3.63, 3.8) is 0 Å². The van der Waals surface area contributed by atoms with Crippen LogP contribution >= 0.6 is 23.2 Å². The summed E-state index contributed by atoms with van der Waals surface area (Å²) in [7, 11) is 0. The molecule has 1 N–H and O–H groups in total. The summed E-state index contributed by atoms with van der Waals surface area (Å²) in [5.74, 6) is -0.965. The number of hydrogen-bond acceptors (Lipinski definition) is 3. The van der Waals surface area contributed by atoms with Gasteiger partial charge in [-0.3, -0.25) is 9.69 Å². The molecule has 0 bridgehead atoms. The highest BCUT2D eigenvalue weighted by atomic mass is 35.5. The zero-order valence-electron chi connectivity index (χ0n) is 10.7. The van der Waals surface area contributed by atoms with Crippen LogP contribution in [0.25, 0.3) is 0 Å². The van der Waals surface area contributed by atoms with Crippen LogP contribution in [-0.4, -0.2) is 30.3 Å². The number of fused-ring (bicyclic) bond motifs is 1. The summed E-state index contributed by atoms with van der Waals surface area (Å²) in [5, 5.41) is 9.82. The van der Waals surface area contributed by atoms with Crippen LogP contribution in [0, 0.1) is 0 Å². The van der Waals surface area contributed by atoms with Crippen molar-refractivity contribution in [3.8, 4) is 0 Å². The molecule has 108 valence electrons. The number of carboxylic acid groups (broad SMARTS) is 1. The third-order valence-corrected chi connectivity index (χ3v) is 3.69. The third kappa shape index (κ3) is 2.69. The first-order chi connectivity index (χ1) is 9.45. The molecule has 7 heteroatoms. The molecule has 0 aromatic heterocycles. The van der Waals surface area contributed by atoms with Gasteiger partial charge in [0.05, 0.1) is 18.2 Å². The van der Waals surface area contributed by atoms with Gasteiger partial charge in [0.15, 0.2) is 0 Å². The van der Waals surface area contributed by atoms with Gasteiger partial charge in [0.1, 0.15) is 0 Å². The van der Waals surface area contributed by atoms with Crippen LogP contribution in [0.2, 0.25) is 10.0 Å². The molecule has 1 aliphatic rings. The molecule has 20 heavy (non-hydrogen) atoms. The van der Waals surface area contributed by atoms with E-state index in [1.807, 2.05) is 0 Å². The summed E-state index contributed by atoms with van der Waals surface area (Å²) in [6.45, 7) is 2.18. The lowest BCUT2D eigenvalue weighted by Gasteiger charge is -2.32. The van der Waals surface area contributed by atoms with E-state index in [9.17, 15) is 14.7 Å². The smallest absolute Gasteiger partial charge is 0.411 e. The predicted octanol–water partition coefficient (Wildman–Crippen LogP) is 3.53. The van der Waals surface area contributed by atoms with Crippen molar-refractivity contribution in [1.29, 1.82) is 0 Å². The van der Waals surface area contributed by atoms with E-state index in [2.05, 4.69) is 0 Å². The molecule has 1 heterocycles. The van der Waals surface area contributed by atoms with Gasteiger partial charge in [-0.1, -0.05) is 23.2 Å². The second-order valence-electron chi connectivity index (χ2n) is 4.35. The fourth-order valence-corrected chi connectivity index (χ4v) is 2.95. The quantitative estimate of drug-likeness (QED) is 0.847. The molecule has 0 spiro atoms. The van der Waals surface area contributed by atoms with Gasteiger partial charge in [-0.05, 0) is 25.5 Å². The van der Waals surface area contributed by atoms with E-state index in [0.717, 1.165) is 4.90 Å². The molecule has 1 aliphatic heterocycles. The number of rotatable bonds is 2. The molecule has 0 radical (unpaired) electrons. The lowest BCUT2D eigenvalue weighted by atomic mass is 9.90. The van der Waals surface area contributed by atoms with Crippen LogP contribution in [-0.2, 0) is 9.53 Å². The van der Waals surface area contributed by atoms with Gasteiger partial charge in [-0.25, -0.2) is 4.79 Å². The number of hydrogen-bond donors (Lipinski definition) is 1. The number of halogens is 2. The van der Waals surface area contributed by atoms with Crippen molar-refractivity contribution < 1.29 is 19.4 Å². The van der Waals surface area contributed by atoms with Gasteiger partial charge in [-0.2, -0.15) is 0 Å². The Morgan fingerprint density at radius 3 is 2.75 bits per heavy atom. The van der Waals surface area contributed by atoms with E-state index in [-0.39, 0.29) is 18.2 Å². The Hall–Kier alpha value is -1.46. The number of anilines is 1. The minimum atomic E-state index is -1.10. The number of amides is 1. The summed E-state index contributed by atoms with van der Waals surface area (Å²) in [6.07, 6.45) is -0.772. The first-order valence-corrected chi connectivity index (χ1v) is 6.87. The number of ether oxygens (including phenoxy) is 1. The summed E-state index contributed by atoms with van der Waals surface area (Å²) in [6, 6.07) is 3.00. The molecule has 1 amide bonds. The Morgan fingerprint density at radius 2 is 2.15 bits per heavy atom. The SMILES string of the molecule is CCOC(=O)C1CCN(C(=O)O)c2cc(Cl)cc(Cl)c21. The third-order valence-electron chi connectivity index (χ3n) is 3.16. The van der Waals surface area contributed by atoms with E-state index in [1.165, 1.54) is 12.1 Å². The zero-order valence-corrected chi connectivity index (χ0v) is 12.2. The molecule has 2 rings (SSSR count). The fourth-order valence-electron chi connectivity index (χ4n) is 2.34. The van der Waals surface area contributed by atoms with Crippen LogP contribution in [0.3, 0.4) is 0 Å². The minimum Gasteiger partial charge on any atom is -0.466 e. The minimum absolute atomic E-state index is 0.197. The number of nitrogens with zero attached hydrogens (tertiary/aromatic N) is 1. The van der Waals surface area contributed by atoms with E-state index in [0.29, 0.717) is 22.7 Å². The second-order valence-corrected chi connectivity index (χ2v) is 5.19. The molecule has 5 nitrogen and oxygen atoms in total. The molecule has 0 saturated heterocycles. The van der Waals surface area contributed by atoms with Gasteiger partial charge in [-0.15, -0.1) is 0 Å². The maximum atomic E-state index is 12.0. The fraction of sp³-hybridized carbons (Fsp3) is 0.385. The highest BCUT2D eigenvalue weighted by Crippen LogP contribution is 2.42. The number of esters is 1. The highest BCUT2D eigenvalue weighted by molar-refractivity contribution is 6.36. The van der Waals surface area contributed by atoms with Crippen LogP contribution in [0.5, 0.6) is 0 Å². The Morgan fingerprint density at radius 1 is 1.45 bits per heavy atom. The van der Waals surface area contributed by atoms with Crippen molar-refractivity contribution in [2.45, 2.75) is 19.3 Å². The molecule has 1 unspecified atom stereocenters. The van der Waals surface area contributed by atoms with Crippen molar-refractivity contribution in [2.75, 3.05) is 18.1 Å². The topological polar surface area (TPSA) is 66.8 Å². The molecule has 1 aromatic rings. The van der Waals surface area contributed by atoms with Crippen molar-refractivity contribution in [3.05, 3.63) is 27.7 Å². The number of carbonyl (C=O) groups excluding carboxylic acids is 1. The summed E-state index contributed by atoms with van der Waals surface area (Å²) in [4.78, 5) is 24.4. The second kappa shape index (κ2) is 5.89. The number of carbonyl (C=O) groups is 2.